The summed E-state index contributed by atoms with van der Waals surface area (Å²) >= 11 is 0. The summed E-state index contributed by atoms with van der Waals surface area (Å²) in [5.74, 6) is 1.48. The third-order valence-corrected chi connectivity index (χ3v) is 6.92. The van der Waals surface area contributed by atoms with E-state index in [2.05, 4.69) is 17.1 Å². The molecule has 1 unspecified atom stereocenters. The smallest absolute Gasteiger partial charge is 0.248 e. The van der Waals surface area contributed by atoms with E-state index in [0.29, 0.717) is 36.1 Å². The molecule has 1 aliphatic carbocycles. The molecule has 1 saturated heterocycles. The van der Waals surface area contributed by atoms with E-state index in [9.17, 15) is 15.2 Å². The molecule has 174 valence electrons. The second kappa shape index (κ2) is 8.62. The molecule has 2 heterocycles. The van der Waals surface area contributed by atoms with Crippen LogP contribution in [0.5, 0.6) is 5.75 Å². The standard InChI is InChI=1S/C27H27N3O4/c1-17(2)33-23-7-6-18(12-19(23)13-28)26-29-14-24(34-26)21-4-3-5-22-20(21)8-9-27(22)10-11-30(16-27)25(32)15-31/h3-7,12,14,17,31H,8-11,15-16H2,1-2H3. The van der Waals surface area contributed by atoms with E-state index in [4.69, 9.17) is 9.15 Å². The average Bonchev–Trinajstić information content (AvgIpc) is 3.58. The van der Waals surface area contributed by atoms with Crippen LogP contribution in [-0.4, -0.2) is 46.7 Å². The fraction of sp³-hybridized carbons (Fsp3) is 0.370. The molecular weight excluding hydrogens is 430 g/mol. The van der Waals surface area contributed by atoms with Crippen molar-refractivity contribution in [2.24, 2.45) is 0 Å². The number of nitriles is 1. The topological polar surface area (TPSA) is 99.6 Å². The Balaban J connectivity index is 1.45. The number of hydrogen-bond donors (Lipinski definition) is 1. The highest BCUT2D eigenvalue weighted by Crippen LogP contribution is 2.48. The molecule has 0 bridgehead atoms. The van der Waals surface area contributed by atoms with E-state index < -0.39 is 6.61 Å². The summed E-state index contributed by atoms with van der Waals surface area (Å²) < 4.78 is 11.9. The highest BCUT2D eigenvalue weighted by Gasteiger charge is 2.45. The van der Waals surface area contributed by atoms with Crippen LogP contribution in [0.2, 0.25) is 0 Å². The van der Waals surface area contributed by atoms with Crippen molar-refractivity contribution >= 4 is 5.91 Å². The zero-order valence-electron chi connectivity index (χ0n) is 19.4. The van der Waals surface area contributed by atoms with Crippen LogP contribution in [-0.2, 0) is 16.6 Å². The first kappa shape index (κ1) is 22.2. The molecule has 1 fully saturated rings. The first-order chi connectivity index (χ1) is 16.4. The van der Waals surface area contributed by atoms with Gasteiger partial charge in [0.25, 0.3) is 0 Å². The number of hydrogen-bond acceptors (Lipinski definition) is 6. The number of nitrogens with zero attached hydrogens (tertiary/aromatic N) is 3. The van der Waals surface area contributed by atoms with Gasteiger partial charge in [0, 0.05) is 29.6 Å². The normalized spacial score (nSPS) is 19.0. The van der Waals surface area contributed by atoms with E-state index in [-0.39, 0.29) is 17.4 Å². The second-order valence-electron chi connectivity index (χ2n) is 9.35. The van der Waals surface area contributed by atoms with Crippen molar-refractivity contribution in [1.29, 1.82) is 5.26 Å². The molecule has 7 nitrogen and oxygen atoms in total. The number of aromatic nitrogens is 1. The van der Waals surface area contributed by atoms with Crippen molar-refractivity contribution in [2.45, 2.75) is 44.6 Å². The lowest BCUT2D eigenvalue weighted by molar-refractivity contribution is -0.133. The number of ether oxygens (including phenoxy) is 1. The van der Waals surface area contributed by atoms with Gasteiger partial charge in [-0.3, -0.25) is 4.79 Å². The van der Waals surface area contributed by atoms with Gasteiger partial charge >= 0.3 is 0 Å². The largest absolute Gasteiger partial charge is 0.490 e. The number of oxazole rings is 1. The second-order valence-corrected chi connectivity index (χ2v) is 9.35. The van der Waals surface area contributed by atoms with Gasteiger partial charge in [0.05, 0.1) is 17.9 Å². The minimum atomic E-state index is -0.443. The van der Waals surface area contributed by atoms with Gasteiger partial charge in [0.15, 0.2) is 5.76 Å². The van der Waals surface area contributed by atoms with Crippen molar-refractivity contribution in [3.63, 3.8) is 0 Å². The number of aliphatic hydroxyl groups excluding tert-OH is 1. The molecule has 0 radical (unpaired) electrons. The first-order valence-corrected chi connectivity index (χ1v) is 11.6. The number of carbonyl (C=O) groups is 1. The van der Waals surface area contributed by atoms with Crippen molar-refractivity contribution in [3.8, 4) is 34.6 Å². The zero-order valence-corrected chi connectivity index (χ0v) is 19.4. The van der Waals surface area contributed by atoms with E-state index >= 15 is 0 Å². The summed E-state index contributed by atoms with van der Waals surface area (Å²) in [6.07, 6.45) is 4.49. The molecule has 1 aromatic heterocycles. The SMILES string of the molecule is CC(C)Oc1ccc(-c2ncc(-c3cccc4c3CCC43CCN(C(=O)CO)C3)o2)cc1C#N. The highest BCUT2D eigenvalue weighted by atomic mass is 16.5. The minimum absolute atomic E-state index is 0.0246. The molecule has 34 heavy (non-hydrogen) atoms. The summed E-state index contributed by atoms with van der Waals surface area (Å²) in [5.41, 5.74) is 4.61. The lowest BCUT2D eigenvalue weighted by atomic mass is 9.81. The van der Waals surface area contributed by atoms with Gasteiger partial charge in [0.2, 0.25) is 11.8 Å². The molecule has 2 aromatic carbocycles. The summed E-state index contributed by atoms with van der Waals surface area (Å²) in [6.45, 7) is 4.72. The lowest BCUT2D eigenvalue weighted by Crippen LogP contribution is -2.34. The number of rotatable bonds is 5. The molecule has 1 aliphatic heterocycles. The van der Waals surface area contributed by atoms with Gasteiger partial charge in [0.1, 0.15) is 18.4 Å². The fourth-order valence-corrected chi connectivity index (χ4v) is 5.33. The van der Waals surface area contributed by atoms with Crippen LogP contribution >= 0.6 is 0 Å². The summed E-state index contributed by atoms with van der Waals surface area (Å²) in [4.78, 5) is 18.3. The van der Waals surface area contributed by atoms with Crippen LogP contribution in [0.1, 0.15) is 43.4 Å². The summed E-state index contributed by atoms with van der Waals surface area (Å²) in [5, 5.41) is 18.8. The molecular formula is C27H27N3O4. The van der Waals surface area contributed by atoms with Crippen LogP contribution in [0.4, 0.5) is 0 Å². The number of benzene rings is 2. The van der Waals surface area contributed by atoms with E-state index in [0.717, 1.165) is 30.4 Å². The predicted molar refractivity (Wildman–Crippen MR) is 126 cm³/mol. The minimum Gasteiger partial charge on any atom is -0.490 e. The van der Waals surface area contributed by atoms with Crippen LogP contribution in [0.3, 0.4) is 0 Å². The van der Waals surface area contributed by atoms with Gasteiger partial charge in [-0.05, 0) is 62.4 Å². The fourth-order valence-electron chi connectivity index (χ4n) is 5.33. The third kappa shape index (κ3) is 3.74. The van der Waals surface area contributed by atoms with Crippen LogP contribution < -0.4 is 4.74 Å². The quantitative estimate of drug-likeness (QED) is 0.620. The Morgan fingerprint density at radius 2 is 2.18 bits per heavy atom. The number of carbonyl (C=O) groups excluding carboxylic acids is 1. The molecule has 1 atom stereocenters. The third-order valence-electron chi connectivity index (χ3n) is 6.92. The molecule has 0 saturated carbocycles. The predicted octanol–water partition coefficient (Wildman–Crippen LogP) is 4.08. The van der Waals surface area contributed by atoms with E-state index in [1.165, 1.54) is 11.1 Å². The average molecular weight is 458 g/mol. The Bertz CT molecular complexity index is 1290. The Hall–Kier alpha value is -3.63. The van der Waals surface area contributed by atoms with Crippen LogP contribution in [0, 0.1) is 11.3 Å². The Labute approximate surface area is 198 Å². The van der Waals surface area contributed by atoms with Gasteiger partial charge < -0.3 is 19.2 Å². The first-order valence-electron chi connectivity index (χ1n) is 11.6. The molecule has 1 spiro atoms. The summed E-state index contributed by atoms with van der Waals surface area (Å²) in [7, 11) is 0. The zero-order chi connectivity index (χ0) is 23.9. The number of aliphatic hydroxyl groups is 1. The van der Waals surface area contributed by atoms with Crippen molar-refractivity contribution in [2.75, 3.05) is 19.7 Å². The maximum absolute atomic E-state index is 12.0. The number of likely N-dealkylation sites (tertiary alicyclic amines) is 1. The van der Waals surface area contributed by atoms with Gasteiger partial charge in [-0.1, -0.05) is 18.2 Å². The molecule has 3 aromatic rings. The molecule has 7 heteroatoms. The number of fused-ring (bicyclic) bond motifs is 2. The van der Waals surface area contributed by atoms with Crippen molar-refractivity contribution in [1.82, 2.24) is 9.88 Å². The Kier molecular flexibility index (Phi) is 5.62. The van der Waals surface area contributed by atoms with Crippen molar-refractivity contribution < 1.29 is 19.1 Å². The summed E-state index contributed by atoms with van der Waals surface area (Å²) in [6, 6.07) is 13.8. The monoisotopic (exact) mass is 457 g/mol. The lowest BCUT2D eigenvalue weighted by Gasteiger charge is -2.25. The van der Waals surface area contributed by atoms with Crippen LogP contribution in [0.25, 0.3) is 22.8 Å². The van der Waals surface area contributed by atoms with Gasteiger partial charge in [-0.15, -0.1) is 0 Å². The Morgan fingerprint density at radius 3 is 2.94 bits per heavy atom. The van der Waals surface area contributed by atoms with E-state index in [1.54, 1.807) is 23.2 Å². The van der Waals surface area contributed by atoms with Gasteiger partial charge in [-0.25, -0.2) is 4.98 Å². The molecule has 1 amide bonds. The van der Waals surface area contributed by atoms with Crippen LogP contribution in [0.15, 0.2) is 47.0 Å². The highest BCUT2D eigenvalue weighted by molar-refractivity contribution is 5.78. The number of amides is 1. The molecule has 5 rings (SSSR count). The van der Waals surface area contributed by atoms with E-state index in [1.807, 2.05) is 32.0 Å². The van der Waals surface area contributed by atoms with Gasteiger partial charge in [-0.2, -0.15) is 5.26 Å². The molecule has 1 N–H and O–H groups in total. The van der Waals surface area contributed by atoms with Crippen molar-refractivity contribution in [3.05, 3.63) is 59.3 Å². The maximum Gasteiger partial charge on any atom is 0.248 e. The maximum atomic E-state index is 12.0. The Morgan fingerprint density at radius 1 is 1.32 bits per heavy atom. The molecule has 2 aliphatic rings.